The molecule has 0 atom stereocenters. The molecule has 0 saturated carbocycles. The van der Waals surface area contributed by atoms with E-state index in [-0.39, 0.29) is 18.1 Å². The first-order valence-electron chi connectivity index (χ1n) is 12.6. The molecule has 0 saturated heterocycles. The molecule has 41 heavy (non-hydrogen) atoms. The maximum atomic E-state index is 12.3. The zero-order valence-electron chi connectivity index (χ0n) is 22.3. The summed E-state index contributed by atoms with van der Waals surface area (Å²) in [5.41, 5.74) is 2.95. The van der Waals surface area contributed by atoms with E-state index < -0.39 is 11.9 Å². The van der Waals surface area contributed by atoms with Crippen LogP contribution in [0.3, 0.4) is 0 Å². The van der Waals surface area contributed by atoms with Crippen LogP contribution in [0.25, 0.3) is 17.2 Å². The van der Waals surface area contributed by atoms with Crippen LogP contribution in [-0.4, -0.2) is 35.4 Å². The van der Waals surface area contributed by atoms with Crippen molar-refractivity contribution in [1.82, 2.24) is 0 Å². The number of aromatic hydroxyl groups is 2. The molecular weight excluding hydrogens is 524 g/mol. The number of phenolic OH excluding ortho intramolecular Hbond substituents is 2. The van der Waals surface area contributed by atoms with E-state index in [1.807, 2.05) is 36.4 Å². The van der Waals surface area contributed by atoms with E-state index in [4.69, 9.17) is 18.9 Å². The van der Waals surface area contributed by atoms with Gasteiger partial charge in [0.25, 0.3) is 0 Å². The van der Waals surface area contributed by atoms with Crippen LogP contribution in [-0.2, 0) is 9.59 Å². The van der Waals surface area contributed by atoms with E-state index in [2.05, 4.69) is 6.58 Å². The zero-order chi connectivity index (χ0) is 29.2. The van der Waals surface area contributed by atoms with Gasteiger partial charge in [0.2, 0.25) is 0 Å². The molecular formula is C33H28O8. The average Bonchev–Trinajstić information content (AvgIpc) is 2.97. The number of carbonyl (C=O) groups is 2. The minimum atomic E-state index is -0.525. The van der Waals surface area contributed by atoms with E-state index in [9.17, 15) is 19.8 Å². The highest BCUT2D eigenvalue weighted by molar-refractivity contribution is 5.89. The van der Waals surface area contributed by atoms with Gasteiger partial charge in [-0.2, -0.15) is 0 Å². The summed E-state index contributed by atoms with van der Waals surface area (Å²) >= 11 is 0. The maximum Gasteiger partial charge on any atom is 0.338 e. The normalized spacial score (nSPS) is 10.7. The fourth-order valence-electron chi connectivity index (χ4n) is 3.53. The molecule has 0 bridgehead atoms. The third-order valence-corrected chi connectivity index (χ3v) is 5.68. The largest absolute Gasteiger partial charge is 0.504 e. The molecule has 4 aromatic carbocycles. The molecule has 0 fully saturated rings. The maximum absolute atomic E-state index is 12.3. The summed E-state index contributed by atoms with van der Waals surface area (Å²) in [6.45, 7) is 5.68. The summed E-state index contributed by atoms with van der Waals surface area (Å²) in [5.74, 6) is 0.427. The van der Waals surface area contributed by atoms with Crippen molar-refractivity contribution in [3.05, 3.63) is 115 Å². The third kappa shape index (κ3) is 8.49. The number of esters is 2. The van der Waals surface area contributed by atoms with E-state index in [1.54, 1.807) is 55.5 Å². The van der Waals surface area contributed by atoms with Crippen LogP contribution in [0, 0.1) is 0 Å². The standard InChI is InChI=1S/C33H28O8/c1-22(2)33(37)41-28-10-3-23(4-11-28)5-18-32(36)40-27-14-8-25(9-15-27)24-6-12-26(13-7-24)38-19-20-39-29-16-17-30(34)31(35)21-29/h3-18,21,34-35H,1,19-20H2,2H3/b18-5+. The Balaban J connectivity index is 1.23. The molecule has 0 spiro atoms. The lowest BCUT2D eigenvalue weighted by Gasteiger charge is -2.10. The molecule has 0 aliphatic heterocycles. The molecule has 0 unspecified atom stereocenters. The monoisotopic (exact) mass is 552 g/mol. The Morgan fingerprint density at radius 3 is 1.78 bits per heavy atom. The smallest absolute Gasteiger partial charge is 0.338 e. The Labute approximate surface area is 237 Å². The molecule has 0 aliphatic carbocycles. The van der Waals surface area contributed by atoms with Crippen molar-refractivity contribution in [2.45, 2.75) is 6.92 Å². The van der Waals surface area contributed by atoms with Gasteiger partial charge in [-0.3, -0.25) is 0 Å². The van der Waals surface area contributed by atoms with E-state index >= 15 is 0 Å². The second-order valence-electron chi connectivity index (χ2n) is 8.89. The van der Waals surface area contributed by atoms with Crippen molar-refractivity contribution in [3.63, 3.8) is 0 Å². The predicted octanol–water partition coefficient (Wildman–Crippen LogP) is 6.32. The van der Waals surface area contributed by atoms with Gasteiger partial charge in [0.1, 0.15) is 36.2 Å². The second-order valence-corrected chi connectivity index (χ2v) is 8.89. The summed E-state index contributed by atoms with van der Waals surface area (Å²) in [4.78, 5) is 23.8. The highest BCUT2D eigenvalue weighted by atomic mass is 16.5. The summed E-state index contributed by atoms with van der Waals surface area (Å²) < 4.78 is 21.7. The Morgan fingerprint density at radius 2 is 1.20 bits per heavy atom. The van der Waals surface area contributed by atoms with Crippen LogP contribution in [0.2, 0.25) is 0 Å². The Kier molecular flexibility index (Phi) is 9.41. The van der Waals surface area contributed by atoms with Gasteiger partial charge < -0.3 is 29.2 Å². The number of hydrogen-bond donors (Lipinski definition) is 2. The number of rotatable bonds is 11. The third-order valence-electron chi connectivity index (χ3n) is 5.68. The van der Waals surface area contributed by atoms with Crippen molar-refractivity contribution in [1.29, 1.82) is 0 Å². The molecule has 0 heterocycles. The first-order valence-corrected chi connectivity index (χ1v) is 12.6. The summed E-state index contributed by atoms with van der Waals surface area (Å²) in [5, 5.41) is 18.9. The van der Waals surface area contributed by atoms with Crippen molar-refractivity contribution in [2.75, 3.05) is 13.2 Å². The highest BCUT2D eigenvalue weighted by Crippen LogP contribution is 2.29. The first kappa shape index (κ1) is 28.5. The van der Waals surface area contributed by atoms with Crippen LogP contribution in [0.4, 0.5) is 0 Å². The molecule has 8 nitrogen and oxygen atoms in total. The topological polar surface area (TPSA) is 112 Å². The zero-order valence-corrected chi connectivity index (χ0v) is 22.3. The van der Waals surface area contributed by atoms with E-state index in [1.165, 1.54) is 18.2 Å². The second kappa shape index (κ2) is 13.5. The van der Waals surface area contributed by atoms with E-state index in [0.717, 1.165) is 16.7 Å². The number of benzene rings is 4. The van der Waals surface area contributed by atoms with Gasteiger partial charge in [-0.15, -0.1) is 0 Å². The SMILES string of the molecule is C=C(C)C(=O)Oc1ccc(/C=C/C(=O)Oc2ccc(-c3ccc(OCCOc4ccc(O)c(O)c4)cc3)cc2)cc1. The predicted molar refractivity (Wildman–Crippen MR) is 154 cm³/mol. The average molecular weight is 553 g/mol. The summed E-state index contributed by atoms with van der Waals surface area (Å²) in [6, 6.07) is 25.6. The summed E-state index contributed by atoms with van der Waals surface area (Å²) in [6.07, 6.45) is 2.93. The van der Waals surface area contributed by atoms with Gasteiger partial charge in [-0.25, -0.2) is 9.59 Å². The van der Waals surface area contributed by atoms with Crippen molar-refractivity contribution < 1.29 is 38.7 Å². The molecule has 4 rings (SSSR count). The molecule has 0 aromatic heterocycles. The van der Waals surface area contributed by atoms with Crippen molar-refractivity contribution in [2.24, 2.45) is 0 Å². The molecule has 0 radical (unpaired) electrons. The van der Waals surface area contributed by atoms with Gasteiger partial charge in [-0.1, -0.05) is 43.0 Å². The lowest BCUT2D eigenvalue weighted by atomic mass is 10.1. The molecule has 208 valence electrons. The minimum absolute atomic E-state index is 0.206. The van der Waals surface area contributed by atoms with Gasteiger partial charge in [0, 0.05) is 17.7 Å². The fraction of sp³-hybridized carbons (Fsp3) is 0.0909. The van der Waals surface area contributed by atoms with E-state index in [0.29, 0.717) is 35.2 Å². The number of ether oxygens (including phenoxy) is 4. The lowest BCUT2D eigenvalue weighted by Crippen LogP contribution is -2.08. The quantitative estimate of drug-likeness (QED) is 0.0731. The molecule has 0 aliphatic rings. The van der Waals surface area contributed by atoms with Crippen LogP contribution in [0.5, 0.6) is 34.5 Å². The van der Waals surface area contributed by atoms with Crippen LogP contribution >= 0.6 is 0 Å². The summed E-state index contributed by atoms with van der Waals surface area (Å²) in [7, 11) is 0. The fourth-order valence-corrected chi connectivity index (χ4v) is 3.53. The van der Waals surface area contributed by atoms with Gasteiger partial charge >= 0.3 is 11.9 Å². The van der Waals surface area contributed by atoms with Gasteiger partial charge in [0.15, 0.2) is 11.5 Å². The first-order chi connectivity index (χ1) is 19.8. The van der Waals surface area contributed by atoms with Crippen LogP contribution in [0.15, 0.2) is 109 Å². The number of phenols is 2. The Hall–Kier alpha value is -5.50. The van der Waals surface area contributed by atoms with Crippen LogP contribution in [0.1, 0.15) is 12.5 Å². The van der Waals surface area contributed by atoms with Gasteiger partial charge in [0.05, 0.1) is 0 Å². The molecule has 2 N–H and O–H groups in total. The van der Waals surface area contributed by atoms with Crippen molar-refractivity contribution in [3.8, 4) is 45.6 Å². The number of hydrogen-bond acceptors (Lipinski definition) is 8. The Morgan fingerprint density at radius 1 is 0.683 bits per heavy atom. The molecule has 8 heteroatoms. The number of carbonyl (C=O) groups excluding carboxylic acids is 2. The Bertz CT molecular complexity index is 1540. The minimum Gasteiger partial charge on any atom is -0.504 e. The van der Waals surface area contributed by atoms with Crippen LogP contribution < -0.4 is 18.9 Å². The molecule has 4 aromatic rings. The van der Waals surface area contributed by atoms with Crippen molar-refractivity contribution >= 4 is 18.0 Å². The lowest BCUT2D eigenvalue weighted by molar-refractivity contribution is -0.130. The van der Waals surface area contributed by atoms with Gasteiger partial charge in [-0.05, 0) is 78.2 Å². The molecule has 0 amide bonds. The highest BCUT2D eigenvalue weighted by Gasteiger charge is 2.06.